The maximum absolute atomic E-state index is 8.91. The molecule has 0 unspecified atom stereocenters. The number of nitriles is 3. The van der Waals surface area contributed by atoms with E-state index in [1.54, 1.807) is 12.4 Å². The lowest BCUT2D eigenvalue weighted by Crippen LogP contribution is -2.03. The summed E-state index contributed by atoms with van der Waals surface area (Å²) in [5, 5.41) is 26.5. The standard InChI is InChI=1S/2C24H20N4.ClH/c1-17-12-21(8-10-26-3)13-18(2)23(17)15-22-9-11-27-24(28-22)14-19-4-6-20(16-25)7-5-19;1-17-12-21(4-3-10-25)13-18(2)23(17)15-22-9-11-27-24(28-22)14-19-5-7-20(16-26)8-6-19;/h4-13H,14-15H2,1-2H3;3-9,11-13H,14-15H2,1-2H3;1H/b10-8+;;. The van der Waals surface area contributed by atoms with Crippen LogP contribution in [0.15, 0.2) is 110 Å². The van der Waals surface area contributed by atoms with Crippen LogP contribution in [-0.2, 0) is 25.7 Å². The molecule has 2 heterocycles. The van der Waals surface area contributed by atoms with Gasteiger partial charge in [0, 0.05) is 55.5 Å². The molecule has 0 spiro atoms. The Morgan fingerprint density at radius 1 is 0.579 bits per heavy atom. The molecule has 0 amide bonds. The van der Waals surface area contributed by atoms with Crippen molar-refractivity contribution in [3.8, 4) is 18.2 Å². The summed E-state index contributed by atoms with van der Waals surface area (Å²) < 4.78 is 0. The van der Waals surface area contributed by atoms with Gasteiger partial charge in [0.2, 0.25) is 0 Å². The Balaban J connectivity index is 0.000000248. The highest BCUT2D eigenvalue weighted by molar-refractivity contribution is 5.85. The molecule has 0 radical (unpaired) electrons. The largest absolute Gasteiger partial charge is 0.246 e. The molecular formula is C48H41ClN8. The smallest absolute Gasteiger partial charge is 0.154 e. The second-order valence-corrected chi connectivity index (χ2v) is 13.4. The Labute approximate surface area is 341 Å². The SMILES string of the molecule is Cc1cc(C=CC#N)cc(C)c1Cc1ccnc(Cc2ccc(C#N)cc2)n1.Cl.[C-]#[N+]/C=C/c1cc(C)c(Cc2ccnc(Cc3ccc(C#N)cc3)n2)c(C)c1. The first-order valence-electron chi connectivity index (χ1n) is 18.1. The van der Waals surface area contributed by atoms with Crippen molar-refractivity contribution >= 4 is 24.6 Å². The molecule has 6 aromatic rings. The molecular weight excluding hydrogens is 724 g/mol. The van der Waals surface area contributed by atoms with Crippen LogP contribution in [0.4, 0.5) is 0 Å². The molecule has 6 rings (SSSR count). The Hall–Kier alpha value is -7.23. The summed E-state index contributed by atoms with van der Waals surface area (Å²) in [5.41, 5.74) is 14.7. The molecule has 2 aromatic heterocycles. The molecule has 0 aliphatic rings. The van der Waals surface area contributed by atoms with E-state index in [2.05, 4.69) is 78.9 Å². The van der Waals surface area contributed by atoms with Crippen LogP contribution in [0.1, 0.15) is 89.8 Å². The molecule has 0 atom stereocenters. The monoisotopic (exact) mass is 764 g/mol. The van der Waals surface area contributed by atoms with Gasteiger partial charge in [0.25, 0.3) is 0 Å². The minimum Gasteiger partial charge on any atom is -0.246 e. The summed E-state index contributed by atoms with van der Waals surface area (Å²) in [5.74, 6) is 1.54. The number of benzene rings is 4. The first-order chi connectivity index (χ1) is 27.2. The zero-order valence-corrected chi connectivity index (χ0v) is 33.2. The summed E-state index contributed by atoms with van der Waals surface area (Å²) in [6.07, 6.45) is 13.0. The Morgan fingerprint density at radius 2 is 0.982 bits per heavy atom. The average molecular weight is 765 g/mol. The number of nitrogens with zero attached hydrogens (tertiary/aromatic N) is 8. The third-order valence-electron chi connectivity index (χ3n) is 9.26. The van der Waals surface area contributed by atoms with Crippen molar-refractivity contribution in [2.45, 2.75) is 53.4 Å². The first-order valence-corrected chi connectivity index (χ1v) is 18.1. The van der Waals surface area contributed by atoms with E-state index >= 15 is 0 Å². The number of hydrogen-bond donors (Lipinski definition) is 0. The number of hydrogen-bond acceptors (Lipinski definition) is 7. The van der Waals surface area contributed by atoms with Crippen LogP contribution in [0.3, 0.4) is 0 Å². The Kier molecular flexibility index (Phi) is 15.7. The van der Waals surface area contributed by atoms with Gasteiger partial charge in [-0.15, -0.1) is 12.4 Å². The van der Waals surface area contributed by atoms with E-state index in [0.29, 0.717) is 24.0 Å². The van der Waals surface area contributed by atoms with E-state index < -0.39 is 0 Å². The third-order valence-corrected chi connectivity index (χ3v) is 9.26. The van der Waals surface area contributed by atoms with Gasteiger partial charge in [-0.25, -0.2) is 24.8 Å². The van der Waals surface area contributed by atoms with Crippen LogP contribution >= 0.6 is 12.4 Å². The van der Waals surface area contributed by atoms with E-state index in [4.69, 9.17) is 32.3 Å². The summed E-state index contributed by atoms with van der Waals surface area (Å²) in [6, 6.07) is 33.6. The maximum atomic E-state index is 8.91. The third kappa shape index (κ3) is 12.4. The Morgan fingerprint density at radius 3 is 1.35 bits per heavy atom. The molecule has 9 heteroatoms. The van der Waals surface area contributed by atoms with Crippen LogP contribution in [-0.4, -0.2) is 19.9 Å². The van der Waals surface area contributed by atoms with E-state index in [1.165, 1.54) is 45.7 Å². The summed E-state index contributed by atoms with van der Waals surface area (Å²) in [6.45, 7) is 15.2. The van der Waals surface area contributed by atoms with Crippen molar-refractivity contribution in [2.75, 3.05) is 0 Å². The number of allylic oxidation sites excluding steroid dienone is 1. The van der Waals surface area contributed by atoms with Crippen molar-refractivity contribution in [2.24, 2.45) is 0 Å². The molecule has 0 fully saturated rings. The maximum Gasteiger partial charge on any atom is 0.154 e. The minimum atomic E-state index is 0. The fraction of sp³-hybridized carbons (Fsp3) is 0.167. The molecule has 0 aliphatic carbocycles. The van der Waals surface area contributed by atoms with Crippen LogP contribution in [0.25, 0.3) is 17.0 Å². The van der Waals surface area contributed by atoms with Gasteiger partial charge < -0.3 is 0 Å². The molecule has 0 aliphatic heterocycles. The number of rotatable bonds is 10. The van der Waals surface area contributed by atoms with E-state index in [9.17, 15) is 0 Å². The molecule has 4 aromatic carbocycles. The lowest BCUT2D eigenvalue weighted by molar-refractivity contribution is 0.911. The molecule has 0 bridgehead atoms. The number of aromatic nitrogens is 4. The zero-order chi connectivity index (χ0) is 39.9. The quantitative estimate of drug-likeness (QED) is 0.100. The summed E-state index contributed by atoms with van der Waals surface area (Å²) >= 11 is 0. The summed E-state index contributed by atoms with van der Waals surface area (Å²) in [4.78, 5) is 21.5. The van der Waals surface area contributed by atoms with Gasteiger partial charge in [-0.05, 0) is 126 Å². The fourth-order valence-corrected chi connectivity index (χ4v) is 6.43. The molecule has 0 N–H and O–H groups in total. The van der Waals surface area contributed by atoms with Crippen molar-refractivity contribution in [3.63, 3.8) is 0 Å². The second-order valence-electron chi connectivity index (χ2n) is 13.4. The molecule has 280 valence electrons. The molecule has 8 nitrogen and oxygen atoms in total. The first kappa shape index (κ1) is 42.5. The molecule has 0 saturated carbocycles. The summed E-state index contributed by atoms with van der Waals surface area (Å²) in [7, 11) is 0. The van der Waals surface area contributed by atoms with Gasteiger partial charge in [-0.3, -0.25) is 0 Å². The normalized spacial score (nSPS) is 10.4. The van der Waals surface area contributed by atoms with Gasteiger partial charge in [-0.1, -0.05) is 54.6 Å². The fourth-order valence-electron chi connectivity index (χ4n) is 6.43. The van der Waals surface area contributed by atoms with Crippen LogP contribution < -0.4 is 0 Å². The lowest BCUT2D eigenvalue weighted by atomic mass is 9.95. The zero-order valence-electron chi connectivity index (χ0n) is 32.4. The second kappa shape index (κ2) is 21.0. The van der Waals surface area contributed by atoms with Gasteiger partial charge in [0.05, 0.1) is 35.9 Å². The highest BCUT2D eigenvalue weighted by Gasteiger charge is 2.10. The molecule has 57 heavy (non-hydrogen) atoms. The van der Waals surface area contributed by atoms with E-state index in [1.807, 2.05) is 78.9 Å². The van der Waals surface area contributed by atoms with Crippen molar-refractivity contribution in [1.29, 1.82) is 15.8 Å². The number of halogens is 1. The van der Waals surface area contributed by atoms with Crippen molar-refractivity contribution in [3.05, 3.63) is 211 Å². The average Bonchev–Trinajstić information content (AvgIpc) is 3.20. The van der Waals surface area contributed by atoms with Gasteiger partial charge in [0.1, 0.15) is 11.6 Å². The highest BCUT2D eigenvalue weighted by atomic mass is 35.5. The predicted molar refractivity (Wildman–Crippen MR) is 227 cm³/mol. The van der Waals surface area contributed by atoms with Crippen molar-refractivity contribution < 1.29 is 0 Å². The van der Waals surface area contributed by atoms with Gasteiger partial charge >= 0.3 is 0 Å². The van der Waals surface area contributed by atoms with E-state index in [0.717, 1.165) is 58.1 Å². The highest BCUT2D eigenvalue weighted by Crippen LogP contribution is 2.22. The Bertz CT molecular complexity index is 2340. The lowest BCUT2D eigenvalue weighted by Gasteiger charge is -2.12. The molecule has 0 saturated heterocycles. The van der Waals surface area contributed by atoms with Gasteiger partial charge in [0.15, 0.2) is 6.20 Å². The topological polar surface area (TPSA) is 127 Å². The predicted octanol–water partition coefficient (Wildman–Crippen LogP) is 10.1. The number of aryl methyl sites for hydroxylation is 4. The van der Waals surface area contributed by atoms with E-state index in [-0.39, 0.29) is 12.4 Å². The van der Waals surface area contributed by atoms with Gasteiger partial charge in [-0.2, -0.15) is 15.8 Å². The van der Waals surface area contributed by atoms with Crippen molar-refractivity contribution in [1.82, 2.24) is 19.9 Å². The van der Waals surface area contributed by atoms with Crippen LogP contribution in [0, 0.1) is 68.3 Å². The minimum absolute atomic E-state index is 0. The van der Waals surface area contributed by atoms with Crippen LogP contribution in [0.2, 0.25) is 0 Å². The van der Waals surface area contributed by atoms with Crippen LogP contribution in [0.5, 0.6) is 0 Å².